The first-order chi connectivity index (χ1) is 17.7. The van der Waals surface area contributed by atoms with Crippen LogP contribution < -0.4 is 5.32 Å². The van der Waals surface area contributed by atoms with Crippen molar-refractivity contribution in [1.29, 1.82) is 5.26 Å². The Morgan fingerprint density at radius 2 is 1.81 bits per heavy atom. The molecule has 0 aliphatic carbocycles. The lowest BCUT2D eigenvalue weighted by Gasteiger charge is -2.40. The number of piperidine rings is 1. The molecule has 2 aliphatic rings. The smallest absolute Gasteiger partial charge is 0.0991 e. The minimum atomic E-state index is 0.348. The van der Waals surface area contributed by atoms with Crippen LogP contribution in [0.2, 0.25) is 0 Å². The topological polar surface area (TPSA) is 51.4 Å². The molecule has 0 bridgehead atoms. The Kier molecular flexibility index (Phi) is 7.43. The van der Waals surface area contributed by atoms with E-state index in [2.05, 4.69) is 83.2 Å². The number of para-hydroxylation sites is 1. The predicted octanol–water partition coefficient (Wildman–Crippen LogP) is 6.68. The summed E-state index contributed by atoms with van der Waals surface area (Å²) in [4.78, 5) is 7.75. The molecule has 1 unspecified atom stereocenters. The molecule has 0 saturated carbocycles. The maximum absolute atomic E-state index is 9.06. The van der Waals surface area contributed by atoms with Crippen LogP contribution in [-0.2, 0) is 12.8 Å². The molecule has 0 radical (unpaired) electrons. The molecule has 0 spiro atoms. The summed E-state index contributed by atoms with van der Waals surface area (Å²) >= 11 is 0. The standard InChI is InChI=1S/C32H32N4/c1-2-28(34-29-14-12-25(23-33)13-15-29)20-26-17-19-36(18-16-24-8-4-3-5-9-24)32(21-26)31-22-27-10-6-7-11-30(27)35-31/h3-15,26,32,34H,1,16-22H2/t26?,32-/m1/s1. The fourth-order valence-corrected chi connectivity index (χ4v) is 5.41. The van der Waals surface area contributed by atoms with E-state index in [-0.39, 0.29) is 0 Å². The largest absolute Gasteiger partial charge is 0.353 e. The van der Waals surface area contributed by atoms with Crippen molar-refractivity contribution >= 4 is 17.1 Å². The Morgan fingerprint density at radius 3 is 2.56 bits per heavy atom. The van der Waals surface area contributed by atoms with Gasteiger partial charge in [-0.25, -0.2) is 0 Å². The van der Waals surface area contributed by atoms with Crippen molar-refractivity contribution in [3.63, 3.8) is 0 Å². The number of fused-ring (bicyclic) bond motifs is 1. The first-order valence-electron chi connectivity index (χ1n) is 12.8. The van der Waals surface area contributed by atoms with Gasteiger partial charge in [-0.2, -0.15) is 5.26 Å². The summed E-state index contributed by atoms with van der Waals surface area (Å²) in [6.45, 7) is 6.06. The van der Waals surface area contributed by atoms with Gasteiger partial charge in [0.05, 0.1) is 23.0 Å². The van der Waals surface area contributed by atoms with Crippen LogP contribution in [0.25, 0.3) is 0 Å². The number of nitriles is 1. The average Bonchev–Trinajstić information content (AvgIpc) is 3.37. The highest BCUT2D eigenvalue weighted by Crippen LogP contribution is 2.34. The van der Waals surface area contributed by atoms with Gasteiger partial charge in [-0.15, -0.1) is 5.73 Å². The summed E-state index contributed by atoms with van der Waals surface area (Å²) in [5, 5.41) is 12.5. The van der Waals surface area contributed by atoms with E-state index < -0.39 is 0 Å². The lowest BCUT2D eigenvalue weighted by atomic mass is 9.84. The predicted molar refractivity (Wildman–Crippen MR) is 148 cm³/mol. The molecule has 0 aromatic heterocycles. The number of rotatable bonds is 8. The molecule has 1 N–H and O–H groups in total. The summed E-state index contributed by atoms with van der Waals surface area (Å²) in [5.74, 6) is 0.532. The van der Waals surface area contributed by atoms with Gasteiger partial charge in [0.1, 0.15) is 0 Å². The minimum Gasteiger partial charge on any atom is -0.353 e. The van der Waals surface area contributed by atoms with Crippen molar-refractivity contribution in [3.8, 4) is 6.07 Å². The molecule has 2 aliphatic heterocycles. The van der Waals surface area contributed by atoms with Gasteiger partial charge >= 0.3 is 0 Å². The van der Waals surface area contributed by atoms with Gasteiger partial charge in [0.25, 0.3) is 0 Å². The number of hydrogen-bond acceptors (Lipinski definition) is 4. The number of anilines is 1. The van der Waals surface area contributed by atoms with Crippen LogP contribution in [0.5, 0.6) is 0 Å². The van der Waals surface area contributed by atoms with Crippen molar-refractivity contribution in [1.82, 2.24) is 4.90 Å². The van der Waals surface area contributed by atoms with Crippen LogP contribution in [0, 0.1) is 17.2 Å². The maximum Gasteiger partial charge on any atom is 0.0991 e. The van der Waals surface area contributed by atoms with Crippen LogP contribution >= 0.6 is 0 Å². The van der Waals surface area contributed by atoms with Gasteiger partial charge in [0.15, 0.2) is 0 Å². The van der Waals surface area contributed by atoms with Gasteiger partial charge < -0.3 is 5.32 Å². The Balaban J connectivity index is 1.29. The molecule has 4 nitrogen and oxygen atoms in total. The van der Waals surface area contributed by atoms with Crippen LogP contribution in [-0.4, -0.2) is 29.7 Å². The molecule has 2 heterocycles. The van der Waals surface area contributed by atoms with Gasteiger partial charge in [-0.05, 0) is 79.6 Å². The van der Waals surface area contributed by atoms with E-state index in [1.165, 1.54) is 16.8 Å². The Bertz CT molecular complexity index is 1310. The molecule has 36 heavy (non-hydrogen) atoms. The summed E-state index contributed by atoms with van der Waals surface area (Å²) in [6.07, 6.45) is 5.14. The molecule has 180 valence electrons. The molecule has 5 rings (SSSR count). The quantitative estimate of drug-likeness (QED) is 0.372. The molecule has 0 amide bonds. The lowest BCUT2D eigenvalue weighted by Crippen LogP contribution is -2.48. The Hall–Kier alpha value is -3.90. The second kappa shape index (κ2) is 11.2. The highest BCUT2D eigenvalue weighted by atomic mass is 15.2. The number of aliphatic imine (C=N–C) groups is 1. The second-order valence-electron chi connectivity index (χ2n) is 9.76. The van der Waals surface area contributed by atoms with Crippen LogP contribution in [0.4, 0.5) is 11.4 Å². The van der Waals surface area contributed by atoms with Gasteiger partial charge in [0.2, 0.25) is 0 Å². The van der Waals surface area contributed by atoms with Crippen molar-refractivity contribution in [2.24, 2.45) is 10.9 Å². The summed E-state index contributed by atoms with van der Waals surface area (Å²) in [6, 6.07) is 29.4. The van der Waals surface area contributed by atoms with Crippen molar-refractivity contribution < 1.29 is 0 Å². The molecule has 3 aromatic rings. The zero-order valence-electron chi connectivity index (χ0n) is 20.7. The third-order valence-electron chi connectivity index (χ3n) is 7.38. The van der Waals surface area contributed by atoms with E-state index in [4.69, 9.17) is 10.3 Å². The highest BCUT2D eigenvalue weighted by molar-refractivity contribution is 5.97. The van der Waals surface area contributed by atoms with E-state index in [1.54, 1.807) is 0 Å². The molecule has 1 saturated heterocycles. The monoisotopic (exact) mass is 472 g/mol. The molecular formula is C32H32N4. The van der Waals surface area contributed by atoms with E-state index in [0.717, 1.165) is 62.3 Å². The number of likely N-dealkylation sites (tertiary alicyclic amines) is 1. The SMILES string of the molecule is C=C=C(CC1CCN(CCc2ccccc2)[C@@H](C2=Nc3ccccc3C2)C1)Nc1ccc(C#N)cc1. The second-order valence-corrected chi connectivity index (χ2v) is 9.76. The number of nitrogens with one attached hydrogen (secondary N) is 1. The highest BCUT2D eigenvalue weighted by Gasteiger charge is 2.34. The average molecular weight is 473 g/mol. The Morgan fingerprint density at radius 1 is 1.03 bits per heavy atom. The minimum absolute atomic E-state index is 0.348. The summed E-state index contributed by atoms with van der Waals surface area (Å²) in [5.41, 5.74) is 10.9. The number of hydrogen-bond donors (Lipinski definition) is 1. The maximum atomic E-state index is 9.06. The fourth-order valence-electron chi connectivity index (χ4n) is 5.41. The van der Waals surface area contributed by atoms with E-state index in [0.29, 0.717) is 17.5 Å². The number of allylic oxidation sites excluding steroid dienone is 1. The molecular weight excluding hydrogens is 440 g/mol. The van der Waals surface area contributed by atoms with Gasteiger partial charge in [-0.3, -0.25) is 9.89 Å². The van der Waals surface area contributed by atoms with E-state index in [1.807, 2.05) is 24.3 Å². The van der Waals surface area contributed by atoms with Crippen molar-refractivity contribution in [2.45, 2.75) is 38.1 Å². The Labute approximate surface area is 214 Å². The van der Waals surface area contributed by atoms with Crippen LogP contribution in [0.3, 0.4) is 0 Å². The molecule has 3 aromatic carbocycles. The van der Waals surface area contributed by atoms with Crippen LogP contribution in [0.15, 0.2) is 102 Å². The van der Waals surface area contributed by atoms with Crippen molar-refractivity contribution in [2.75, 3.05) is 18.4 Å². The zero-order valence-corrected chi connectivity index (χ0v) is 20.7. The van der Waals surface area contributed by atoms with Crippen molar-refractivity contribution in [3.05, 3.63) is 114 Å². The first-order valence-corrected chi connectivity index (χ1v) is 12.8. The lowest BCUT2D eigenvalue weighted by molar-refractivity contribution is 0.152. The van der Waals surface area contributed by atoms with Crippen LogP contribution in [0.1, 0.15) is 36.0 Å². The molecule has 4 heteroatoms. The third kappa shape index (κ3) is 5.66. The fraction of sp³-hybridized carbons (Fsp3) is 0.281. The van der Waals surface area contributed by atoms with Gasteiger partial charge in [-0.1, -0.05) is 55.1 Å². The van der Waals surface area contributed by atoms with E-state index >= 15 is 0 Å². The number of nitrogens with zero attached hydrogens (tertiary/aromatic N) is 3. The summed E-state index contributed by atoms with van der Waals surface area (Å²) < 4.78 is 0. The first kappa shape index (κ1) is 23.8. The normalized spacial score (nSPS) is 19.0. The number of benzene rings is 3. The third-order valence-corrected chi connectivity index (χ3v) is 7.38. The van der Waals surface area contributed by atoms with E-state index in [9.17, 15) is 0 Å². The zero-order chi connectivity index (χ0) is 24.7. The molecule has 1 fully saturated rings. The molecule has 2 atom stereocenters. The summed E-state index contributed by atoms with van der Waals surface area (Å²) in [7, 11) is 0. The van der Waals surface area contributed by atoms with Gasteiger partial charge in [0, 0.05) is 30.4 Å².